The molecule has 0 radical (unpaired) electrons. The van der Waals surface area contributed by atoms with Gasteiger partial charge >= 0.3 is 0 Å². The summed E-state index contributed by atoms with van der Waals surface area (Å²) in [6.45, 7) is 2.84. The Morgan fingerprint density at radius 1 is 1.56 bits per heavy atom. The molecule has 1 aromatic rings. The second-order valence-corrected chi connectivity index (χ2v) is 5.46. The van der Waals surface area contributed by atoms with Crippen LogP contribution in [0, 0.1) is 0 Å². The van der Waals surface area contributed by atoms with Crippen LogP contribution in [-0.2, 0) is 0 Å². The van der Waals surface area contributed by atoms with E-state index in [9.17, 15) is 0 Å². The van der Waals surface area contributed by atoms with Crippen molar-refractivity contribution in [1.82, 2.24) is 5.32 Å². The van der Waals surface area contributed by atoms with Crippen molar-refractivity contribution in [2.24, 2.45) is 5.73 Å². The molecule has 1 heterocycles. The van der Waals surface area contributed by atoms with Crippen LogP contribution in [0.3, 0.4) is 0 Å². The van der Waals surface area contributed by atoms with Gasteiger partial charge < -0.3 is 16.2 Å². The van der Waals surface area contributed by atoms with Crippen LogP contribution in [0.15, 0.2) is 12.1 Å². The zero-order chi connectivity index (χ0) is 12.0. The maximum Gasteiger partial charge on any atom is 0.0931 e. The Labute approximate surface area is 106 Å². The summed E-state index contributed by atoms with van der Waals surface area (Å²) in [5, 5.41) is 12.4. The number of hydrogen-bond acceptors (Lipinski definition) is 4. The lowest BCUT2D eigenvalue weighted by Crippen LogP contribution is -2.36. The van der Waals surface area contributed by atoms with Crippen molar-refractivity contribution in [1.29, 1.82) is 0 Å². The molecule has 1 rings (SSSR count). The minimum absolute atomic E-state index is 0.133. The molecule has 4 N–H and O–H groups in total. The average molecular weight is 263 g/mol. The third-order valence-corrected chi connectivity index (χ3v) is 3.93. The highest BCUT2D eigenvalue weighted by atomic mass is 35.5. The van der Waals surface area contributed by atoms with Gasteiger partial charge in [-0.05, 0) is 25.0 Å². The number of aliphatic hydroxyl groups excluding tert-OH is 1. The molecule has 0 fully saturated rings. The van der Waals surface area contributed by atoms with Gasteiger partial charge in [0.05, 0.1) is 10.4 Å². The van der Waals surface area contributed by atoms with Crippen LogP contribution in [0.2, 0.25) is 4.34 Å². The summed E-state index contributed by atoms with van der Waals surface area (Å²) in [6, 6.07) is 4.33. The molecule has 3 nitrogen and oxygen atoms in total. The van der Waals surface area contributed by atoms with Crippen LogP contribution in [-0.4, -0.2) is 24.3 Å². The van der Waals surface area contributed by atoms with Gasteiger partial charge in [0.1, 0.15) is 0 Å². The van der Waals surface area contributed by atoms with Gasteiger partial charge in [0.2, 0.25) is 0 Å². The van der Waals surface area contributed by atoms with Crippen LogP contribution in [0.5, 0.6) is 0 Å². The first-order valence-corrected chi connectivity index (χ1v) is 6.72. The van der Waals surface area contributed by atoms with Crippen LogP contribution in [0.1, 0.15) is 30.7 Å². The van der Waals surface area contributed by atoms with E-state index in [1.807, 2.05) is 12.1 Å². The fourth-order valence-corrected chi connectivity index (χ4v) is 2.76. The number of nitrogens with one attached hydrogen (secondary N) is 1. The van der Waals surface area contributed by atoms with Crippen molar-refractivity contribution in [3.8, 4) is 0 Å². The second kappa shape index (κ2) is 7.25. The minimum atomic E-state index is 0.133. The summed E-state index contributed by atoms with van der Waals surface area (Å²) in [7, 11) is 0. The topological polar surface area (TPSA) is 58.3 Å². The van der Waals surface area contributed by atoms with Gasteiger partial charge in [-0.2, -0.15) is 0 Å². The van der Waals surface area contributed by atoms with E-state index in [-0.39, 0.29) is 12.6 Å². The molecule has 2 atom stereocenters. The van der Waals surface area contributed by atoms with E-state index in [1.165, 1.54) is 0 Å². The molecule has 2 unspecified atom stereocenters. The van der Waals surface area contributed by atoms with Crippen molar-refractivity contribution in [2.75, 3.05) is 13.2 Å². The molecule has 0 saturated carbocycles. The second-order valence-electron chi connectivity index (χ2n) is 3.71. The molecule has 0 amide bonds. The third-order valence-electron chi connectivity index (χ3n) is 2.58. The highest BCUT2D eigenvalue weighted by molar-refractivity contribution is 7.16. The Kier molecular flexibility index (Phi) is 6.31. The summed E-state index contributed by atoms with van der Waals surface area (Å²) in [5.74, 6) is 0. The van der Waals surface area contributed by atoms with E-state index in [1.54, 1.807) is 11.3 Å². The van der Waals surface area contributed by atoms with Crippen molar-refractivity contribution in [2.45, 2.75) is 31.8 Å². The number of rotatable bonds is 7. The lowest BCUT2D eigenvalue weighted by molar-refractivity contribution is 0.256. The lowest BCUT2D eigenvalue weighted by atomic mass is 10.1. The zero-order valence-corrected chi connectivity index (χ0v) is 11.0. The molecule has 0 aliphatic rings. The number of hydrogen-bond donors (Lipinski definition) is 3. The molecular weight excluding hydrogens is 244 g/mol. The van der Waals surface area contributed by atoms with E-state index < -0.39 is 0 Å². The molecule has 0 bridgehead atoms. The quantitative estimate of drug-likeness (QED) is 0.706. The Bertz CT molecular complexity index is 306. The summed E-state index contributed by atoms with van der Waals surface area (Å²) in [5.41, 5.74) is 5.75. The fraction of sp³-hybridized carbons (Fsp3) is 0.636. The number of thiophene rings is 1. The van der Waals surface area contributed by atoms with Gasteiger partial charge in [-0.1, -0.05) is 18.5 Å². The van der Waals surface area contributed by atoms with Crippen LogP contribution in [0.25, 0.3) is 0 Å². The highest BCUT2D eigenvalue weighted by Gasteiger charge is 2.15. The molecular formula is C11H19ClN2OS. The highest BCUT2D eigenvalue weighted by Crippen LogP contribution is 2.27. The van der Waals surface area contributed by atoms with Crippen molar-refractivity contribution in [3.05, 3.63) is 21.3 Å². The van der Waals surface area contributed by atoms with Gasteiger partial charge in [0, 0.05) is 24.1 Å². The number of aliphatic hydroxyl groups is 1. The predicted octanol–water partition coefficient (Wildman–Crippen LogP) is 2.15. The first kappa shape index (κ1) is 13.9. The van der Waals surface area contributed by atoms with Crippen LogP contribution in [0.4, 0.5) is 0 Å². The molecule has 92 valence electrons. The normalized spacial score (nSPS) is 15.0. The first-order valence-electron chi connectivity index (χ1n) is 5.53. The Morgan fingerprint density at radius 3 is 2.75 bits per heavy atom. The van der Waals surface area contributed by atoms with Gasteiger partial charge in [0.25, 0.3) is 0 Å². The van der Waals surface area contributed by atoms with E-state index >= 15 is 0 Å². The summed E-state index contributed by atoms with van der Waals surface area (Å²) >= 11 is 7.45. The fourth-order valence-electron chi connectivity index (χ4n) is 1.63. The predicted molar refractivity (Wildman–Crippen MR) is 70.0 cm³/mol. The standard InChI is InChI=1S/C11H19ClN2OS/c1-2-8(5-6-15)14-9(7-13)10-3-4-11(12)16-10/h3-4,8-9,14-15H,2,5-7,13H2,1H3. The monoisotopic (exact) mass is 262 g/mol. The van der Waals surface area contributed by atoms with Crippen molar-refractivity contribution in [3.63, 3.8) is 0 Å². The molecule has 0 spiro atoms. The van der Waals surface area contributed by atoms with Gasteiger partial charge in [-0.15, -0.1) is 11.3 Å². The van der Waals surface area contributed by atoms with Crippen LogP contribution < -0.4 is 11.1 Å². The maximum atomic E-state index is 8.94. The Morgan fingerprint density at radius 2 is 2.31 bits per heavy atom. The maximum absolute atomic E-state index is 8.94. The summed E-state index contributed by atoms with van der Waals surface area (Å²) in [6.07, 6.45) is 1.74. The molecule has 0 aliphatic heterocycles. The SMILES string of the molecule is CCC(CCO)NC(CN)c1ccc(Cl)s1. The molecule has 5 heteroatoms. The van der Waals surface area contributed by atoms with Gasteiger partial charge in [0.15, 0.2) is 0 Å². The number of nitrogens with two attached hydrogens (primary N) is 1. The Balaban J connectivity index is 2.60. The van der Waals surface area contributed by atoms with E-state index in [0.29, 0.717) is 12.6 Å². The molecule has 0 saturated heterocycles. The van der Waals surface area contributed by atoms with E-state index in [4.69, 9.17) is 22.4 Å². The molecule has 16 heavy (non-hydrogen) atoms. The minimum Gasteiger partial charge on any atom is -0.396 e. The first-order chi connectivity index (χ1) is 7.71. The molecule has 0 aliphatic carbocycles. The smallest absolute Gasteiger partial charge is 0.0931 e. The third kappa shape index (κ3) is 4.03. The van der Waals surface area contributed by atoms with Crippen molar-refractivity contribution < 1.29 is 5.11 Å². The number of halogens is 1. The summed E-state index contributed by atoms with van der Waals surface area (Å²) in [4.78, 5) is 1.16. The zero-order valence-electron chi connectivity index (χ0n) is 9.45. The van der Waals surface area contributed by atoms with Gasteiger partial charge in [-0.3, -0.25) is 0 Å². The molecule has 1 aromatic heterocycles. The van der Waals surface area contributed by atoms with E-state index in [2.05, 4.69) is 12.2 Å². The Hall–Kier alpha value is -0.130. The largest absolute Gasteiger partial charge is 0.396 e. The lowest BCUT2D eigenvalue weighted by Gasteiger charge is -2.22. The van der Waals surface area contributed by atoms with Gasteiger partial charge in [-0.25, -0.2) is 0 Å². The van der Waals surface area contributed by atoms with Crippen LogP contribution >= 0.6 is 22.9 Å². The molecule has 0 aromatic carbocycles. The summed E-state index contributed by atoms with van der Waals surface area (Å²) < 4.78 is 0.783. The average Bonchev–Trinajstić information content (AvgIpc) is 2.71. The van der Waals surface area contributed by atoms with E-state index in [0.717, 1.165) is 22.1 Å². The van der Waals surface area contributed by atoms with Crippen molar-refractivity contribution >= 4 is 22.9 Å².